The van der Waals surface area contributed by atoms with E-state index in [2.05, 4.69) is 15.6 Å². The largest absolute Gasteiger partial charge is 0.508 e. The Kier molecular flexibility index (Phi) is 3.84. The second-order valence-electron chi connectivity index (χ2n) is 4.45. The Balaban J connectivity index is 2.06. The van der Waals surface area contributed by atoms with E-state index in [1.807, 2.05) is 20.9 Å². The monoisotopic (exact) mass is 272 g/mol. The molecule has 2 rings (SSSR count). The highest BCUT2D eigenvalue weighted by Crippen LogP contribution is 2.10. The molecule has 0 saturated heterocycles. The van der Waals surface area contributed by atoms with Gasteiger partial charge in [0.1, 0.15) is 5.75 Å². The molecule has 2 N–H and O–H groups in total. The summed E-state index contributed by atoms with van der Waals surface area (Å²) in [6.07, 6.45) is 1.58. The van der Waals surface area contributed by atoms with Crippen LogP contribution in [-0.4, -0.2) is 27.0 Å². The average molecular weight is 272 g/mol. The smallest absolute Gasteiger partial charge is 0.271 e. The third-order valence-corrected chi connectivity index (χ3v) is 3.05. The molecule has 0 unspecified atom stereocenters. The number of carbonyl (C=O) groups excluding carboxylic acids is 1. The number of hydrogen-bond donors (Lipinski definition) is 2. The SMILES string of the molecule is Cc1nn(C)c(C)c1/C=N\NC(=O)c1ccc(O)cc1. The molecule has 0 aliphatic heterocycles. The molecule has 1 amide bonds. The number of phenolic OH excluding ortho intramolecular Hbond substituents is 1. The van der Waals surface area contributed by atoms with Crippen LogP contribution in [0, 0.1) is 13.8 Å². The normalized spacial score (nSPS) is 10.9. The summed E-state index contributed by atoms with van der Waals surface area (Å²) in [6.45, 7) is 3.82. The van der Waals surface area contributed by atoms with E-state index in [1.54, 1.807) is 10.9 Å². The van der Waals surface area contributed by atoms with Crippen LogP contribution in [0.4, 0.5) is 0 Å². The fraction of sp³-hybridized carbons (Fsp3) is 0.214. The molecular formula is C14H16N4O2. The van der Waals surface area contributed by atoms with Crippen molar-refractivity contribution in [3.63, 3.8) is 0 Å². The zero-order chi connectivity index (χ0) is 14.7. The molecule has 20 heavy (non-hydrogen) atoms. The molecule has 0 radical (unpaired) electrons. The average Bonchev–Trinajstić information content (AvgIpc) is 2.65. The number of nitrogens with zero attached hydrogens (tertiary/aromatic N) is 3. The van der Waals surface area contributed by atoms with Gasteiger partial charge in [-0.15, -0.1) is 0 Å². The number of aromatic nitrogens is 2. The maximum atomic E-state index is 11.8. The molecule has 2 aromatic rings. The van der Waals surface area contributed by atoms with Crippen LogP contribution in [0.1, 0.15) is 27.3 Å². The second-order valence-corrected chi connectivity index (χ2v) is 4.45. The molecule has 1 aromatic carbocycles. The van der Waals surface area contributed by atoms with Crippen molar-refractivity contribution in [2.24, 2.45) is 12.1 Å². The van der Waals surface area contributed by atoms with Gasteiger partial charge in [-0.25, -0.2) is 5.43 Å². The standard InChI is InChI=1S/C14H16N4O2/c1-9-13(10(2)18(3)17-9)8-15-16-14(20)11-4-6-12(19)7-5-11/h4-8,19H,1-3H3,(H,16,20)/b15-8-. The molecule has 6 nitrogen and oxygen atoms in total. The Morgan fingerprint density at radius 2 is 2.00 bits per heavy atom. The Labute approximate surface area is 116 Å². The molecule has 0 bridgehead atoms. The molecule has 0 saturated carbocycles. The van der Waals surface area contributed by atoms with Gasteiger partial charge in [-0.2, -0.15) is 10.2 Å². The van der Waals surface area contributed by atoms with E-state index in [0.29, 0.717) is 5.56 Å². The highest BCUT2D eigenvalue weighted by atomic mass is 16.3. The van der Waals surface area contributed by atoms with Crippen LogP contribution < -0.4 is 5.43 Å². The number of amides is 1. The van der Waals surface area contributed by atoms with Crippen molar-refractivity contribution in [2.45, 2.75) is 13.8 Å². The predicted octanol–water partition coefficient (Wildman–Crippen LogP) is 1.51. The van der Waals surface area contributed by atoms with Gasteiger partial charge < -0.3 is 5.11 Å². The maximum absolute atomic E-state index is 11.8. The molecule has 0 spiro atoms. The Hall–Kier alpha value is -2.63. The first kappa shape index (κ1) is 13.8. The van der Waals surface area contributed by atoms with E-state index in [4.69, 9.17) is 5.11 Å². The number of carbonyl (C=O) groups is 1. The van der Waals surface area contributed by atoms with Crippen molar-refractivity contribution in [2.75, 3.05) is 0 Å². The van der Waals surface area contributed by atoms with Gasteiger partial charge in [0.2, 0.25) is 0 Å². The molecule has 104 valence electrons. The Morgan fingerprint density at radius 1 is 1.35 bits per heavy atom. The third kappa shape index (κ3) is 2.85. The fourth-order valence-electron chi connectivity index (χ4n) is 1.81. The van der Waals surface area contributed by atoms with Crippen molar-refractivity contribution in [3.8, 4) is 5.75 Å². The van der Waals surface area contributed by atoms with Gasteiger partial charge in [0.15, 0.2) is 0 Å². The first-order chi connectivity index (χ1) is 9.49. The number of hydrogen-bond acceptors (Lipinski definition) is 4. The third-order valence-electron chi connectivity index (χ3n) is 3.05. The minimum atomic E-state index is -0.333. The van der Waals surface area contributed by atoms with Crippen molar-refractivity contribution >= 4 is 12.1 Å². The molecule has 0 atom stereocenters. The Morgan fingerprint density at radius 3 is 2.55 bits per heavy atom. The zero-order valence-electron chi connectivity index (χ0n) is 11.6. The van der Waals surface area contributed by atoms with Gasteiger partial charge >= 0.3 is 0 Å². The highest BCUT2D eigenvalue weighted by molar-refractivity contribution is 5.95. The quantitative estimate of drug-likeness (QED) is 0.656. The molecule has 0 fully saturated rings. The lowest BCUT2D eigenvalue weighted by molar-refractivity contribution is 0.0955. The molecule has 6 heteroatoms. The number of nitrogens with one attached hydrogen (secondary N) is 1. The predicted molar refractivity (Wildman–Crippen MR) is 75.8 cm³/mol. The summed E-state index contributed by atoms with van der Waals surface area (Å²) < 4.78 is 1.76. The topological polar surface area (TPSA) is 79.5 Å². The number of aryl methyl sites for hydroxylation is 2. The van der Waals surface area contributed by atoms with Crippen LogP contribution in [-0.2, 0) is 7.05 Å². The molecular weight excluding hydrogens is 256 g/mol. The van der Waals surface area contributed by atoms with Gasteiger partial charge in [0, 0.05) is 23.9 Å². The van der Waals surface area contributed by atoms with Gasteiger partial charge in [-0.3, -0.25) is 9.48 Å². The minimum absolute atomic E-state index is 0.117. The van der Waals surface area contributed by atoms with E-state index in [9.17, 15) is 4.79 Å². The first-order valence-corrected chi connectivity index (χ1v) is 6.11. The Bertz CT molecular complexity index is 657. The summed E-state index contributed by atoms with van der Waals surface area (Å²) in [5, 5.41) is 17.4. The first-order valence-electron chi connectivity index (χ1n) is 6.11. The number of hydrazone groups is 1. The lowest BCUT2D eigenvalue weighted by Gasteiger charge is -2.00. The van der Waals surface area contributed by atoms with Gasteiger partial charge in [0.05, 0.1) is 11.9 Å². The lowest BCUT2D eigenvalue weighted by Crippen LogP contribution is -2.17. The summed E-state index contributed by atoms with van der Waals surface area (Å²) in [4.78, 5) is 11.8. The van der Waals surface area contributed by atoms with Crippen molar-refractivity contribution < 1.29 is 9.90 Å². The van der Waals surface area contributed by atoms with Crippen molar-refractivity contribution in [3.05, 3.63) is 46.8 Å². The minimum Gasteiger partial charge on any atom is -0.508 e. The van der Waals surface area contributed by atoms with Crippen LogP contribution in [0.15, 0.2) is 29.4 Å². The summed E-state index contributed by atoms with van der Waals surface area (Å²) >= 11 is 0. The second kappa shape index (κ2) is 5.56. The van der Waals surface area contributed by atoms with Gasteiger partial charge in [-0.05, 0) is 38.1 Å². The number of phenols is 1. The van der Waals surface area contributed by atoms with Crippen LogP contribution in [0.3, 0.4) is 0 Å². The van der Waals surface area contributed by atoms with E-state index >= 15 is 0 Å². The van der Waals surface area contributed by atoms with Crippen LogP contribution in [0.2, 0.25) is 0 Å². The maximum Gasteiger partial charge on any atom is 0.271 e. The van der Waals surface area contributed by atoms with Gasteiger partial charge in [0.25, 0.3) is 5.91 Å². The summed E-state index contributed by atoms with van der Waals surface area (Å²) in [5.74, 6) is -0.216. The molecule has 1 heterocycles. The number of benzene rings is 1. The molecule has 0 aliphatic rings. The summed E-state index contributed by atoms with van der Waals surface area (Å²) in [6, 6.07) is 5.96. The van der Waals surface area contributed by atoms with Crippen molar-refractivity contribution in [1.82, 2.24) is 15.2 Å². The summed E-state index contributed by atoms with van der Waals surface area (Å²) in [5.41, 5.74) is 5.59. The van der Waals surface area contributed by atoms with E-state index < -0.39 is 0 Å². The van der Waals surface area contributed by atoms with Crippen molar-refractivity contribution in [1.29, 1.82) is 0 Å². The van der Waals surface area contributed by atoms with Crippen LogP contribution in [0.25, 0.3) is 0 Å². The molecule has 0 aliphatic carbocycles. The van der Waals surface area contributed by atoms with Crippen LogP contribution in [0.5, 0.6) is 5.75 Å². The number of rotatable bonds is 3. The van der Waals surface area contributed by atoms with Crippen LogP contribution >= 0.6 is 0 Å². The molecule has 1 aromatic heterocycles. The van der Waals surface area contributed by atoms with Gasteiger partial charge in [-0.1, -0.05) is 0 Å². The fourth-order valence-corrected chi connectivity index (χ4v) is 1.81. The lowest BCUT2D eigenvalue weighted by atomic mass is 10.2. The van der Waals surface area contributed by atoms with E-state index in [-0.39, 0.29) is 11.7 Å². The number of aromatic hydroxyl groups is 1. The highest BCUT2D eigenvalue weighted by Gasteiger charge is 2.07. The summed E-state index contributed by atoms with van der Waals surface area (Å²) in [7, 11) is 1.86. The van der Waals surface area contributed by atoms with E-state index in [0.717, 1.165) is 17.0 Å². The zero-order valence-corrected chi connectivity index (χ0v) is 11.6. The van der Waals surface area contributed by atoms with E-state index in [1.165, 1.54) is 24.3 Å².